The fourth-order valence-electron chi connectivity index (χ4n) is 2.58. The molecule has 3 N–H and O–H groups in total. The van der Waals surface area contributed by atoms with Crippen LogP contribution in [0.1, 0.15) is 5.56 Å². The first-order valence-corrected chi connectivity index (χ1v) is 7.81. The molecule has 1 amide bonds. The number of carbonyl (C=O) groups excluding carboxylic acids is 1. The van der Waals surface area contributed by atoms with Crippen LogP contribution in [0.5, 0.6) is 0 Å². The van der Waals surface area contributed by atoms with Gasteiger partial charge in [-0.25, -0.2) is 0 Å². The Hall–Kier alpha value is -2.55. The molecular formula is C16H18F3N5O. The van der Waals surface area contributed by atoms with E-state index in [0.717, 1.165) is 25.2 Å². The van der Waals surface area contributed by atoms with Crippen LogP contribution in [-0.2, 0) is 17.5 Å². The van der Waals surface area contributed by atoms with Crippen LogP contribution in [0.4, 0.5) is 19.0 Å². The van der Waals surface area contributed by atoms with Gasteiger partial charge >= 0.3 is 6.18 Å². The minimum Gasteiger partial charge on any atom is -0.359 e. The van der Waals surface area contributed by atoms with Crippen molar-refractivity contribution in [3.8, 4) is 0 Å². The molecule has 1 aliphatic heterocycles. The van der Waals surface area contributed by atoms with Crippen molar-refractivity contribution in [2.24, 2.45) is 0 Å². The van der Waals surface area contributed by atoms with Crippen LogP contribution < -0.4 is 16.0 Å². The van der Waals surface area contributed by atoms with E-state index in [1.54, 1.807) is 10.8 Å². The van der Waals surface area contributed by atoms with Crippen LogP contribution in [0.2, 0.25) is 0 Å². The highest BCUT2D eigenvalue weighted by atomic mass is 19.4. The van der Waals surface area contributed by atoms with Gasteiger partial charge in [-0.1, -0.05) is 6.08 Å². The predicted octanol–water partition coefficient (Wildman–Crippen LogP) is 1.74. The number of aromatic nitrogens is 2. The summed E-state index contributed by atoms with van der Waals surface area (Å²) in [5, 5.41) is 13.3. The number of benzene rings is 1. The Morgan fingerprint density at radius 1 is 1.44 bits per heavy atom. The number of fused-ring (bicyclic) bond motifs is 1. The Kier molecular flexibility index (Phi) is 4.67. The van der Waals surface area contributed by atoms with Crippen molar-refractivity contribution in [2.45, 2.75) is 18.8 Å². The lowest BCUT2D eigenvalue weighted by molar-refractivity contribution is -0.137. The molecule has 1 saturated heterocycles. The number of alkyl halides is 3. The van der Waals surface area contributed by atoms with E-state index < -0.39 is 11.7 Å². The third kappa shape index (κ3) is 3.76. The molecule has 2 aromatic rings. The minimum atomic E-state index is -4.44. The third-order valence-electron chi connectivity index (χ3n) is 3.94. The molecule has 134 valence electrons. The summed E-state index contributed by atoms with van der Waals surface area (Å²) < 4.78 is 40.5. The molecule has 1 aliphatic rings. The largest absolute Gasteiger partial charge is 0.416 e. The van der Waals surface area contributed by atoms with Gasteiger partial charge in [0.05, 0.1) is 30.2 Å². The molecule has 0 bridgehead atoms. The normalized spacial score (nSPS) is 15.0. The fraction of sp³-hybridized carbons (Fsp3) is 0.375. The SMILES string of the molecule is C=CCn1nc(NCC(=O)NC2CNC2)c2cc(C(F)(F)F)ccc21. The highest BCUT2D eigenvalue weighted by Gasteiger charge is 2.31. The zero-order chi connectivity index (χ0) is 18.0. The molecule has 1 aromatic heterocycles. The molecule has 6 nitrogen and oxygen atoms in total. The lowest BCUT2D eigenvalue weighted by Gasteiger charge is -2.27. The quantitative estimate of drug-likeness (QED) is 0.692. The summed E-state index contributed by atoms with van der Waals surface area (Å²) in [5.74, 6) is 0.00901. The Bertz CT molecular complexity index is 795. The van der Waals surface area contributed by atoms with Gasteiger partial charge in [0.2, 0.25) is 5.91 Å². The number of hydrogen-bond donors (Lipinski definition) is 3. The van der Waals surface area contributed by atoms with E-state index in [4.69, 9.17) is 0 Å². The van der Waals surface area contributed by atoms with Crippen molar-refractivity contribution in [2.75, 3.05) is 25.0 Å². The van der Waals surface area contributed by atoms with Gasteiger partial charge in [-0.15, -0.1) is 6.58 Å². The van der Waals surface area contributed by atoms with Gasteiger partial charge in [0.25, 0.3) is 0 Å². The number of allylic oxidation sites excluding steroid dienone is 1. The Morgan fingerprint density at radius 3 is 2.80 bits per heavy atom. The summed E-state index contributed by atoms with van der Waals surface area (Å²) in [6.45, 7) is 5.35. The molecule has 0 spiro atoms. The second kappa shape index (κ2) is 6.75. The zero-order valence-corrected chi connectivity index (χ0v) is 13.4. The minimum absolute atomic E-state index is 0.0626. The molecule has 0 radical (unpaired) electrons. The van der Waals surface area contributed by atoms with Gasteiger partial charge in [0.15, 0.2) is 5.82 Å². The highest BCUT2D eigenvalue weighted by Crippen LogP contribution is 2.33. The third-order valence-corrected chi connectivity index (χ3v) is 3.94. The van der Waals surface area contributed by atoms with E-state index in [0.29, 0.717) is 17.4 Å². The van der Waals surface area contributed by atoms with Gasteiger partial charge in [-0.05, 0) is 18.2 Å². The molecule has 0 saturated carbocycles. The van der Waals surface area contributed by atoms with Crippen molar-refractivity contribution in [1.82, 2.24) is 20.4 Å². The summed E-state index contributed by atoms with van der Waals surface area (Å²) in [6.07, 6.45) is -2.84. The second-order valence-electron chi connectivity index (χ2n) is 5.83. The first-order valence-electron chi connectivity index (χ1n) is 7.81. The number of carbonyl (C=O) groups is 1. The molecule has 2 heterocycles. The monoisotopic (exact) mass is 353 g/mol. The Balaban J connectivity index is 1.84. The van der Waals surface area contributed by atoms with Gasteiger partial charge in [-0.3, -0.25) is 9.48 Å². The van der Waals surface area contributed by atoms with Crippen LogP contribution in [0.25, 0.3) is 10.9 Å². The molecule has 1 aromatic carbocycles. The second-order valence-corrected chi connectivity index (χ2v) is 5.83. The van der Waals surface area contributed by atoms with E-state index in [2.05, 4.69) is 27.6 Å². The molecule has 3 rings (SSSR count). The van der Waals surface area contributed by atoms with E-state index in [1.165, 1.54) is 6.07 Å². The number of halogens is 3. The van der Waals surface area contributed by atoms with E-state index >= 15 is 0 Å². The van der Waals surface area contributed by atoms with Crippen molar-refractivity contribution in [3.05, 3.63) is 36.4 Å². The first kappa shape index (κ1) is 17.3. The molecule has 0 atom stereocenters. The van der Waals surface area contributed by atoms with Crippen molar-refractivity contribution in [1.29, 1.82) is 0 Å². The van der Waals surface area contributed by atoms with E-state index in [-0.39, 0.29) is 24.3 Å². The molecule has 0 aliphatic carbocycles. The van der Waals surface area contributed by atoms with Crippen LogP contribution in [-0.4, -0.2) is 41.4 Å². The number of hydrogen-bond acceptors (Lipinski definition) is 4. The summed E-state index contributed by atoms with van der Waals surface area (Å²) in [5.41, 5.74) is -0.217. The van der Waals surface area contributed by atoms with Crippen molar-refractivity contribution < 1.29 is 18.0 Å². The van der Waals surface area contributed by atoms with E-state index in [9.17, 15) is 18.0 Å². The molecule has 1 fully saturated rings. The maximum atomic E-state index is 13.0. The Labute approximate surface area is 142 Å². The van der Waals surface area contributed by atoms with Crippen LogP contribution in [0.3, 0.4) is 0 Å². The zero-order valence-electron chi connectivity index (χ0n) is 13.4. The van der Waals surface area contributed by atoms with Crippen molar-refractivity contribution in [3.63, 3.8) is 0 Å². The number of anilines is 1. The maximum Gasteiger partial charge on any atom is 0.416 e. The summed E-state index contributed by atoms with van der Waals surface area (Å²) in [4.78, 5) is 11.9. The lowest BCUT2D eigenvalue weighted by Crippen LogP contribution is -2.57. The molecule has 0 unspecified atom stereocenters. The standard InChI is InChI=1S/C16H18F3N5O/c1-2-5-24-13-4-3-10(16(17,18)19)6-12(13)15(23-24)21-9-14(25)22-11-7-20-8-11/h2-4,6,11,20H,1,5,7-9H2,(H,21,23)(H,22,25). The first-order chi connectivity index (χ1) is 11.9. The predicted molar refractivity (Wildman–Crippen MR) is 88.2 cm³/mol. The number of nitrogens with zero attached hydrogens (tertiary/aromatic N) is 2. The summed E-state index contributed by atoms with van der Waals surface area (Å²) in [6, 6.07) is 3.53. The van der Waals surface area contributed by atoms with Crippen LogP contribution in [0.15, 0.2) is 30.9 Å². The smallest absolute Gasteiger partial charge is 0.359 e. The van der Waals surface area contributed by atoms with Crippen LogP contribution in [0, 0.1) is 0 Å². The lowest BCUT2D eigenvalue weighted by atomic mass is 10.1. The highest BCUT2D eigenvalue weighted by molar-refractivity contribution is 5.92. The van der Waals surface area contributed by atoms with Gasteiger partial charge in [-0.2, -0.15) is 18.3 Å². The van der Waals surface area contributed by atoms with Gasteiger partial charge in [0, 0.05) is 18.5 Å². The Morgan fingerprint density at radius 2 is 2.20 bits per heavy atom. The number of nitrogens with one attached hydrogen (secondary N) is 3. The topological polar surface area (TPSA) is 71.0 Å². The van der Waals surface area contributed by atoms with E-state index in [1.807, 2.05) is 0 Å². The summed E-state index contributed by atoms with van der Waals surface area (Å²) in [7, 11) is 0. The maximum absolute atomic E-state index is 13.0. The molecular weight excluding hydrogens is 335 g/mol. The van der Waals surface area contributed by atoms with Gasteiger partial charge < -0.3 is 16.0 Å². The van der Waals surface area contributed by atoms with Crippen LogP contribution >= 0.6 is 0 Å². The fourth-order valence-corrected chi connectivity index (χ4v) is 2.58. The summed E-state index contributed by atoms with van der Waals surface area (Å²) >= 11 is 0. The number of amides is 1. The number of rotatable bonds is 6. The average molecular weight is 353 g/mol. The molecule has 25 heavy (non-hydrogen) atoms. The average Bonchev–Trinajstić information content (AvgIpc) is 2.86. The van der Waals surface area contributed by atoms with Gasteiger partial charge in [0.1, 0.15) is 0 Å². The molecule has 9 heteroatoms. The van der Waals surface area contributed by atoms with Crippen molar-refractivity contribution >= 4 is 22.6 Å².